The quantitative estimate of drug-likeness (QED) is 0.897. The molecular weight excluding hydrogens is 242 g/mol. The van der Waals surface area contributed by atoms with E-state index in [1.54, 1.807) is 20.2 Å². The monoisotopic (exact) mass is 259 g/mol. The second kappa shape index (κ2) is 6.20. The first-order chi connectivity index (χ1) is 9.22. The minimum absolute atomic E-state index is 0.348. The number of methoxy groups -OCH3 is 1. The number of benzene rings is 1. The summed E-state index contributed by atoms with van der Waals surface area (Å²) in [6.07, 6.45) is 1.11. The van der Waals surface area contributed by atoms with Gasteiger partial charge in [0.05, 0.1) is 18.8 Å². The van der Waals surface area contributed by atoms with Gasteiger partial charge in [-0.15, -0.1) is 0 Å². The highest BCUT2D eigenvalue weighted by Gasteiger charge is 2.10. The molecule has 0 bridgehead atoms. The summed E-state index contributed by atoms with van der Waals surface area (Å²) in [6.45, 7) is 2.06. The van der Waals surface area contributed by atoms with Gasteiger partial charge in [-0.3, -0.25) is 0 Å². The molecular formula is C15H17NO3. The Morgan fingerprint density at radius 1 is 1.21 bits per heavy atom. The van der Waals surface area contributed by atoms with Crippen molar-refractivity contribution < 1.29 is 14.6 Å². The Hall–Kier alpha value is -2.07. The predicted octanol–water partition coefficient (Wildman–Crippen LogP) is 2.72. The lowest BCUT2D eigenvalue weighted by molar-refractivity contribution is 0.190. The Morgan fingerprint density at radius 2 is 2.00 bits per heavy atom. The van der Waals surface area contributed by atoms with Crippen LogP contribution in [0.25, 0.3) is 0 Å². The van der Waals surface area contributed by atoms with Gasteiger partial charge >= 0.3 is 0 Å². The number of rotatable bonds is 5. The highest BCUT2D eigenvalue weighted by Crippen LogP contribution is 2.26. The molecule has 0 fully saturated rings. The van der Waals surface area contributed by atoms with E-state index in [4.69, 9.17) is 9.47 Å². The van der Waals surface area contributed by atoms with E-state index in [1.807, 2.05) is 36.4 Å². The van der Waals surface area contributed by atoms with Crippen molar-refractivity contribution in [1.29, 1.82) is 0 Å². The number of aliphatic hydroxyl groups excluding tert-OH is 1. The van der Waals surface area contributed by atoms with Crippen molar-refractivity contribution >= 4 is 0 Å². The van der Waals surface area contributed by atoms with Gasteiger partial charge in [-0.05, 0) is 25.1 Å². The van der Waals surface area contributed by atoms with E-state index in [9.17, 15) is 5.11 Å². The van der Waals surface area contributed by atoms with Crippen LogP contribution in [0.4, 0.5) is 0 Å². The average Bonchev–Trinajstić information content (AvgIpc) is 2.45. The summed E-state index contributed by atoms with van der Waals surface area (Å²) in [4.78, 5) is 4.12. The maximum atomic E-state index is 9.69. The van der Waals surface area contributed by atoms with Gasteiger partial charge in [0, 0.05) is 11.8 Å². The molecule has 0 spiro atoms. The number of pyridine rings is 1. The van der Waals surface area contributed by atoms with Crippen LogP contribution in [0.2, 0.25) is 0 Å². The van der Waals surface area contributed by atoms with Gasteiger partial charge in [0.15, 0.2) is 0 Å². The van der Waals surface area contributed by atoms with E-state index >= 15 is 0 Å². The smallest absolute Gasteiger partial charge is 0.219 e. The van der Waals surface area contributed by atoms with Crippen LogP contribution in [-0.4, -0.2) is 17.2 Å². The number of ether oxygens (including phenoxy) is 2. The van der Waals surface area contributed by atoms with Crippen molar-refractivity contribution in [2.45, 2.75) is 19.6 Å². The second-order valence-corrected chi connectivity index (χ2v) is 4.17. The zero-order chi connectivity index (χ0) is 13.7. The van der Waals surface area contributed by atoms with Crippen LogP contribution in [0.3, 0.4) is 0 Å². The predicted molar refractivity (Wildman–Crippen MR) is 72.2 cm³/mol. The fourth-order valence-corrected chi connectivity index (χ4v) is 1.83. The standard InChI is InChI=1S/C15H17NO3/c1-11(17)13-7-3-4-8-14(13)19-10-12-6-5-9-16-15(12)18-2/h3-9,11,17H,10H2,1-2H3. The van der Waals surface area contributed by atoms with Gasteiger partial charge in [-0.2, -0.15) is 0 Å². The van der Waals surface area contributed by atoms with Crippen molar-refractivity contribution in [3.05, 3.63) is 53.7 Å². The van der Waals surface area contributed by atoms with Gasteiger partial charge in [0.1, 0.15) is 12.4 Å². The zero-order valence-corrected chi connectivity index (χ0v) is 11.0. The Morgan fingerprint density at radius 3 is 2.74 bits per heavy atom. The van der Waals surface area contributed by atoms with Gasteiger partial charge < -0.3 is 14.6 Å². The van der Waals surface area contributed by atoms with Gasteiger partial charge in [0.2, 0.25) is 5.88 Å². The van der Waals surface area contributed by atoms with Crippen LogP contribution in [0.15, 0.2) is 42.6 Å². The van der Waals surface area contributed by atoms with E-state index < -0.39 is 6.10 Å². The molecule has 1 atom stereocenters. The fraction of sp³-hybridized carbons (Fsp3) is 0.267. The summed E-state index contributed by atoms with van der Waals surface area (Å²) >= 11 is 0. The van der Waals surface area contributed by atoms with Crippen molar-refractivity contribution in [3.63, 3.8) is 0 Å². The molecule has 1 N–H and O–H groups in total. The molecule has 0 saturated heterocycles. The number of aliphatic hydroxyl groups is 1. The van der Waals surface area contributed by atoms with Crippen LogP contribution < -0.4 is 9.47 Å². The number of para-hydroxylation sites is 1. The van der Waals surface area contributed by atoms with Crippen LogP contribution in [0.5, 0.6) is 11.6 Å². The lowest BCUT2D eigenvalue weighted by Gasteiger charge is -2.14. The first-order valence-electron chi connectivity index (χ1n) is 6.10. The third-order valence-corrected chi connectivity index (χ3v) is 2.80. The van der Waals surface area contributed by atoms with Crippen molar-refractivity contribution in [3.8, 4) is 11.6 Å². The van der Waals surface area contributed by atoms with Crippen LogP contribution in [-0.2, 0) is 6.61 Å². The van der Waals surface area contributed by atoms with Crippen LogP contribution in [0.1, 0.15) is 24.2 Å². The third-order valence-electron chi connectivity index (χ3n) is 2.80. The lowest BCUT2D eigenvalue weighted by atomic mass is 10.1. The molecule has 4 heteroatoms. The molecule has 1 aromatic heterocycles. The summed E-state index contributed by atoms with van der Waals surface area (Å²) in [6, 6.07) is 11.2. The highest BCUT2D eigenvalue weighted by atomic mass is 16.5. The summed E-state index contributed by atoms with van der Waals surface area (Å²) in [5.74, 6) is 1.22. The first-order valence-corrected chi connectivity index (χ1v) is 6.10. The van der Waals surface area contributed by atoms with Crippen molar-refractivity contribution in [1.82, 2.24) is 4.98 Å². The SMILES string of the molecule is COc1ncccc1COc1ccccc1C(C)O. The molecule has 1 aromatic carbocycles. The molecule has 2 rings (SSSR count). The molecule has 100 valence electrons. The Kier molecular flexibility index (Phi) is 4.36. The highest BCUT2D eigenvalue weighted by molar-refractivity contribution is 5.35. The molecule has 0 aliphatic heterocycles. The number of aromatic nitrogens is 1. The van der Waals surface area contributed by atoms with E-state index in [0.717, 1.165) is 11.1 Å². The molecule has 0 aliphatic carbocycles. The topological polar surface area (TPSA) is 51.6 Å². The summed E-state index contributed by atoms with van der Waals surface area (Å²) < 4.78 is 10.9. The second-order valence-electron chi connectivity index (χ2n) is 4.17. The number of hydrogen-bond acceptors (Lipinski definition) is 4. The molecule has 2 aromatic rings. The minimum Gasteiger partial charge on any atom is -0.488 e. The van der Waals surface area contributed by atoms with E-state index in [0.29, 0.717) is 18.2 Å². The molecule has 0 amide bonds. The third kappa shape index (κ3) is 3.23. The normalized spacial score (nSPS) is 11.9. The van der Waals surface area contributed by atoms with Crippen molar-refractivity contribution in [2.75, 3.05) is 7.11 Å². The number of nitrogens with zero attached hydrogens (tertiary/aromatic N) is 1. The largest absolute Gasteiger partial charge is 0.488 e. The minimum atomic E-state index is -0.563. The summed E-state index contributed by atoms with van der Waals surface area (Å²) in [7, 11) is 1.58. The van der Waals surface area contributed by atoms with E-state index in [1.165, 1.54) is 0 Å². The van der Waals surface area contributed by atoms with Crippen LogP contribution in [0, 0.1) is 0 Å². The molecule has 4 nitrogen and oxygen atoms in total. The Bertz CT molecular complexity index is 540. The first kappa shape index (κ1) is 13.4. The van der Waals surface area contributed by atoms with Crippen molar-refractivity contribution in [2.24, 2.45) is 0 Å². The Balaban J connectivity index is 2.15. The molecule has 0 radical (unpaired) electrons. The molecule has 0 aliphatic rings. The lowest BCUT2D eigenvalue weighted by Crippen LogP contribution is -2.03. The number of hydrogen-bond donors (Lipinski definition) is 1. The van der Waals surface area contributed by atoms with Crippen LogP contribution >= 0.6 is 0 Å². The summed E-state index contributed by atoms with van der Waals surface area (Å²) in [5.41, 5.74) is 1.63. The molecule has 1 heterocycles. The van der Waals surface area contributed by atoms with E-state index in [-0.39, 0.29) is 0 Å². The summed E-state index contributed by atoms with van der Waals surface area (Å²) in [5, 5.41) is 9.69. The Labute approximate surface area is 112 Å². The maximum absolute atomic E-state index is 9.69. The van der Waals surface area contributed by atoms with E-state index in [2.05, 4.69) is 4.98 Å². The van der Waals surface area contributed by atoms with Gasteiger partial charge in [-0.25, -0.2) is 4.98 Å². The molecule has 1 unspecified atom stereocenters. The molecule has 0 saturated carbocycles. The zero-order valence-electron chi connectivity index (χ0n) is 11.0. The van der Waals surface area contributed by atoms with Gasteiger partial charge in [0.25, 0.3) is 0 Å². The van der Waals surface area contributed by atoms with Gasteiger partial charge in [-0.1, -0.05) is 18.2 Å². The maximum Gasteiger partial charge on any atom is 0.219 e. The average molecular weight is 259 g/mol. The molecule has 19 heavy (non-hydrogen) atoms. The fourth-order valence-electron chi connectivity index (χ4n) is 1.83.